The minimum absolute atomic E-state index is 0. The quantitative estimate of drug-likeness (QED) is 0.0510. The van der Waals surface area contributed by atoms with Crippen molar-refractivity contribution in [3.63, 3.8) is 0 Å². The minimum atomic E-state index is -0.313. The second-order valence-corrected chi connectivity index (χ2v) is 22.7. The van der Waals surface area contributed by atoms with Gasteiger partial charge in [-0.2, -0.15) is 0 Å². The van der Waals surface area contributed by atoms with Crippen molar-refractivity contribution in [1.82, 2.24) is 30.1 Å². The Morgan fingerprint density at radius 3 is 1.72 bits per heavy atom. The van der Waals surface area contributed by atoms with Gasteiger partial charge in [-0.15, -0.1) is 12.4 Å². The van der Waals surface area contributed by atoms with Gasteiger partial charge in [0.05, 0.1) is 19.3 Å². The number of nitrogens with one attached hydrogen (secondary N) is 4. The van der Waals surface area contributed by atoms with Crippen LogP contribution in [0, 0.1) is 0 Å². The number of anilines is 1. The van der Waals surface area contributed by atoms with Crippen molar-refractivity contribution in [2.75, 3.05) is 45.2 Å². The van der Waals surface area contributed by atoms with E-state index in [1.165, 1.54) is 44.4 Å². The maximum absolute atomic E-state index is 13.0. The standard InChI is InChI=1S/C22H22Cl2N2O2.C15H15ClN2O2.C11H11ClN2.C6H6ClN.C4H5BrO2.ClH/c23-15-3-1-2-14(10-15)11-22(28)21(7-9-27)26-8-6-17-18-12-16(24)4-5-19(18)25-20(17)13-26;16-9-1-2-12-11(7-9)10-3-5-18(8-13(10)17-12)14-4-6-20-15(14)19;12-7-1-2-10-9(5-7)8-3-4-13-6-11(8)14-10;7-5-2-1-3-6(8)4-5;5-3-1-2-7-4(3)6;/h1-5,10,12,21,25,27H,6-9,11,13H2;1-2,7,14,17H,3-6,8H2;1-2,5,13-14H,3-4,6H2;1-4H,8H2;3H,1-2H2;1H. The molecule has 0 radical (unpaired) electrons. The molecule has 412 valence electrons. The third-order valence-corrected chi connectivity index (χ3v) is 16.3. The summed E-state index contributed by atoms with van der Waals surface area (Å²) in [6.07, 6.45) is 5.26. The summed E-state index contributed by atoms with van der Waals surface area (Å²) in [6.45, 7) is 6.23. The Labute approximate surface area is 492 Å². The van der Waals surface area contributed by atoms with E-state index in [2.05, 4.69) is 62.9 Å². The number of rotatable bonds is 7. The van der Waals surface area contributed by atoms with E-state index in [9.17, 15) is 19.5 Å². The number of hydrogen-bond acceptors (Lipinski definition) is 10. The van der Waals surface area contributed by atoms with Gasteiger partial charge in [-0.25, -0.2) is 0 Å². The number of esters is 2. The van der Waals surface area contributed by atoms with Crippen LogP contribution in [-0.2, 0) is 69.2 Å². The SMILES string of the molecule is Cl.Clc1ccc2[nH]c3c(c2c1)CCNC3.Nc1cccc(Cl)c1.O=C(Cc1cccc(Cl)c1)C(CCO)N1CCc2c([nH]c3ccc(Cl)cc23)C1.O=C1OCCC1Br.O=C1OCCC1N1CCc2c([nH]c3ccc(Cl)cc23)C1. The maximum atomic E-state index is 13.0. The molecule has 8 heterocycles. The molecule has 2 saturated heterocycles. The highest BCUT2D eigenvalue weighted by atomic mass is 79.9. The summed E-state index contributed by atoms with van der Waals surface area (Å²) in [4.78, 5) is 49.7. The molecule has 8 aromatic rings. The van der Waals surface area contributed by atoms with Gasteiger partial charge in [0.15, 0.2) is 5.78 Å². The predicted molar refractivity (Wildman–Crippen MR) is 320 cm³/mol. The number of ether oxygens (including phenoxy) is 2. The lowest BCUT2D eigenvalue weighted by Crippen LogP contribution is -2.45. The number of hydrogen-bond donors (Lipinski definition) is 6. The lowest BCUT2D eigenvalue weighted by Gasteiger charge is -2.33. The van der Waals surface area contributed by atoms with E-state index in [-0.39, 0.29) is 53.6 Å². The van der Waals surface area contributed by atoms with Crippen LogP contribution in [0.25, 0.3) is 32.7 Å². The number of nitrogens with two attached hydrogens (primary N) is 1. The normalized spacial score (nSPS) is 18.0. The Bertz CT molecular complexity index is 3390. The van der Waals surface area contributed by atoms with Gasteiger partial charge in [0, 0.05) is 139 Å². The summed E-state index contributed by atoms with van der Waals surface area (Å²) in [5.41, 5.74) is 18.1. The number of cyclic esters (lactones) is 2. The Balaban J connectivity index is 0.000000140. The predicted octanol–water partition coefficient (Wildman–Crippen LogP) is 12.4. The molecule has 0 amide bonds. The molecule has 13 nitrogen and oxygen atoms in total. The van der Waals surface area contributed by atoms with E-state index in [0.29, 0.717) is 48.3 Å². The summed E-state index contributed by atoms with van der Waals surface area (Å²) < 4.78 is 9.65. The largest absolute Gasteiger partial charge is 0.465 e. The molecule has 0 aliphatic carbocycles. The summed E-state index contributed by atoms with van der Waals surface area (Å²) in [6, 6.07) is 32.0. The van der Waals surface area contributed by atoms with Crippen molar-refractivity contribution in [3.05, 3.63) is 168 Å². The average Bonchev–Trinajstić information content (AvgIpc) is 4.36. The third kappa shape index (κ3) is 14.8. The van der Waals surface area contributed by atoms with E-state index in [0.717, 1.165) is 108 Å². The lowest BCUT2D eigenvalue weighted by atomic mass is 9.96. The second-order valence-electron chi connectivity index (χ2n) is 19.4. The van der Waals surface area contributed by atoms with Crippen LogP contribution in [0.3, 0.4) is 0 Å². The van der Waals surface area contributed by atoms with Crippen LogP contribution in [0.15, 0.2) is 103 Å². The van der Waals surface area contributed by atoms with Crippen LogP contribution < -0.4 is 11.1 Å². The van der Waals surface area contributed by atoms with Gasteiger partial charge in [0.25, 0.3) is 0 Å². The van der Waals surface area contributed by atoms with Gasteiger partial charge in [-0.3, -0.25) is 24.2 Å². The summed E-state index contributed by atoms with van der Waals surface area (Å²) in [5, 5.41) is 20.2. The molecular weight excluding hydrogens is 1180 g/mol. The van der Waals surface area contributed by atoms with Gasteiger partial charge in [0.2, 0.25) is 0 Å². The maximum Gasteiger partial charge on any atom is 0.323 e. The highest BCUT2D eigenvalue weighted by molar-refractivity contribution is 9.10. The van der Waals surface area contributed by atoms with E-state index < -0.39 is 0 Å². The zero-order valence-corrected chi connectivity index (χ0v) is 48.7. The number of aromatic nitrogens is 3. The monoisotopic (exact) mass is 1240 g/mol. The molecular formula is C58H60BrCl6N7O6. The highest BCUT2D eigenvalue weighted by Crippen LogP contribution is 2.34. The van der Waals surface area contributed by atoms with Gasteiger partial charge in [-0.1, -0.05) is 92.1 Å². The lowest BCUT2D eigenvalue weighted by molar-refractivity contribution is -0.142. The Hall–Kier alpha value is -4.81. The van der Waals surface area contributed by atoms with Crippen molar-refractivity contribution in [1.29, 1.82) is 0 Å². The van der Waals surface area contributed by atoms with Gasteiger partial charge in [0.1, 0.15) is 10.9 Å². The van der Waals surface area contributed by atoms with Crippen molar-refractivity contribution < 1.29 is 29.0 Å². The number of halogens is 7. The molecule has 20 heteroatoms. The fourth-order valence-corrected chi connectivity index (χ4v) is 11.8. The molecule has 5 aromatic carbocycles. The topological polar surface area (TPSA) is 182 Å². The third-order valence-electron chi connectivity index (χ3n) is 14.3. The number of carbonyl (C=O) groups is 3. The number of alkyl halides is 1. The number of nitrogen functional groups attached to an aromatic ring is 1. The zero-order valence-electron chi connectivity index (χ0n) is 42.5. The molecule has 0 bridgehead atoms. The number of nitrogens with zero attached hydrogens (tertiary/aromatic N) is 2. The number of Topliss-reactive ketones (excluding diaryl/α,β-unsaturated/α-hetero) is 1. The van der Waals surface area contributed by atoms with Crippen LogP contribution in [-0.4, -0.2) is 104 Å². The average molecular weight is 1240 g/mol. The van der Waals surface area contributed by atoms with Crippen LogP contribution in [0.4, 0.5) is 5.69 Å². The number of aromatic amines is 3. The van der Waals surface area contributed by atoms with Crippen LogP contribution >= 0.6 is 86.3 Å². The smallest absolute Gasteiger partial charge is 0.323 e. The zero-order chi connectivity index (χ0) is 54.2. The van der Waals surface area contributed by atoms with Crippen LogP contribution in [0.5, 0.6) is 0 Å². The molecule has 3 unspecified atom stereocenters. The molecule has 78 heavy (non-hydrogen) atoms. The molecule has 7 N–H and O–H groups in total. The first-order valence-corrected chi connectivity index (χ1v) is 28.4. The Kier molecular flexibility index (Phi) is 21.0. The van der Waals surface area contributed by atoms with E-state index in [4.69, 9.17) is 68.5 Å². The number of benzene rings is 5. The summed E-state index contributed by atoms with van der Waals surface area (Å²) >= 11 is 33.0. The first-order valence-electron chi connectivity index (χ1n) is 25.6. The molecule has 3 atom stereocenters. The summed E-state index contributed by atoms with van der Waals surface area (Å²) in [7, 11) is 0. The fraction of sp³-hybridized carbons (Fsp3) is 0.328. The Morgan fingerprint density at radius 2 is 1.21 bits per heavy atom. The van der Waals surface area contributed by atoms with Gasteiger partial charge in [-0.05, 0) is 139 Å². The van der Waals surface area contributed by atoms with Crippen molar-refractivity contribution >= 4 is 142 Å². The molecule has 3 aromatic heterocycles. The second kappa shape index (κ2) is 27.6. The van der Waals surface area contributed by atoms with E-state index in [1.54, 1.807) is 24.3 Å². The van der Waals surface area contributed by atoms with E-state index in [1.807, 2.05) is 66.7 Å². The highest BCUT2D eigenvalue weighted by Gasteiger charge is 2.35. The molecule has 5 aliphatic heterocycles. The number of fused-ring (bicyclic) bond motifs is 9. The van der Waals surface area contributed by atoms with Gasteiger partial charge >= 0.3 is 11.9 Å². The van der Waals surface area contributed by atoms with Gasteiger partial charge < -0.3 is 40.6 Å². The van der Waals surface area contributed by atoms with Crippen molar-refractivity contribution in [2.24, 2.45) is 0 Å². The number of aliphatic hydroxyl groups is 1. The van der Waals surface area contributed by atoms with E-state index >= 15 is 0 Å². The number of carbonyl (C=O) groups excluding carboxylic acids is 3. The van der Waals surface area contributed by atoms with Crippen molar-refractivity contribution in [3.8, 4) is 0 Å². The summed E-state index contributed by atoms with van der Waals surface area (Å²) in [5.74, 6) is -0.0912. The molecule has 13 rings (SSSR count). The number of ketones is 1. The minimum Gasteiger partial charge on any atom is -0.465 e. The fourth-order valence-electron chi connectivity index (χ4n) is 10.6. The molecule has 0 saturated carbocycles. The van der Waals surface area contributed by atoms with Crippen LogP contribution in [0.2, 0.25) is 25.1 Å². The first kappa shape index (κ1) is 59.3. The Morgan fingerprint density at radius 1 is 0.667 bits per heavy atom. The first-order chi connectivity index (χ1) is 37.2. The molecule has 2 fully saturated rings. The molecule has 5 aliphatic rings. The number of H-pyrrole nitrogens is 3. The van der Waals surface area contributed by atoms with Crippen molar-refractivity contribution in [2.45, 2.75) is 81.5 Å². The number of aliphatic hydroxyl groups excluding tert-OH is 1. The van der Waals surface area contributed by atoms with Crippen LogP contribution in [0.1, 0.15) is 58.6 Å². The molecule has 0 spiro atoms.